The van der Waals surface area contributed by atoms with Gasteiger partial charge in [0.1, 0.15) is 66.5 Å². The minimum Gasteiger partial charge on any atom is -0.481 e. The molecule has 0 unspecified atom stereocenters. The molecule has 0 radical (unpaired) electrons. The van der Waals surface area contributed by atoms with E-state index in [1.165, 1.54) is 0 Å². The minimum atomic E-state index is -1.90. The van der Waals surface area contributed by atoms with Gasteiger partial charge in [0.2, 0.25) is 94.5 Å². The summed E-state index contributed by atoms with van der Waals surface area (Å²) in [6.07, 6.45) is 0.745. The summed E-state index contributed by atoms with van der Waals surface area (Å²) in [7, 11) is 0. The first-order valence-corrected chi connectivity index (χ1v) is 37.3. The fourth-order valence-electron chi connectivity index (χ4n) is 12.3. The highest BCUT2D eigenvalue weighted by atomic mass is 32.1. The number of thiol groups is 2. The highest BCUT2D eigenvalue weighted by Crippen LogP contribution is 2.28. The molecular weight excluding hydrogens is 1470 g/mol. The smallest absolute Gasteiger partial charge is 0.303 e. The van der Waals surface area contributed by atoms with E-state index in [0.29, 0.717) is 45.8 Å². The van der Waals surface area contributed by atoms with Crippen LogP contribution in [-0.4, -0.2) is 211 Å². The largest absolute Gasteiger partial charge is 0.481 e. The zero-order valence-corrected chi connectivity index (χ0v) is 63.3. The standard InChI is InChI=1S/C71H102N18O19S2/c1-35(2)18-19-45(62(99)80-48(22-25-59(96)97)63(100)86-52(29-57(74)94)61(98)78-32-58(75)95)81-67(104)50(27-39-30-76-43-16-10-8-14-41(39)43)85-66(103)49(26-38-12-6-5-7-13-38)84-70(107)54(34-110)88-64(101)46(20-23-55(72)92)82-68(105)51(28-40-31-77-44-17-11-9-15-42(40)44)87-71(108)60(36(3)90)89-65(102)47(21-24-56(73)93)83-69(106)53(33-109)79-37(4)91/h8-11,14-17,30-31,35-36,38,45-54,60,76-77,90,109-110H,5-7,12-13,18-29,32-34H2,1-4H3,(H2,72,92)(H2,73,93)(H2,74,94)(H2,75,95)(H,78,98)(H,79,91)(H,80,99)(H,81,104)(H,82,105)(H,83,106)(H,84,107)(H,85,103)(H,86,100)(H,87,108)(H,88,101)(H,89,102)(H,96,97)/t36-,45+,46+,47+,48+,49+,50+,51+,52+,53+,54+,60+/m1/s1. The lowest BCUT2D eigenvalue weighted by atomic mass is 9.84. The second kappa shape index (κ2) is 44.6. The van der Waals surface area contributed by atoms with E-state index in [0.717, 1.165) is 33.1 Å². The number of aliphatic hydroxyl groups excluding tert-OH is 1. The van der Waals surface area contributed by atoms with Gasteiger partial charge in [-0.15, -0.1) is 0 Å². The molecule has 2 aromatic carbocycles. The molecule has 0 saturated heterocycles. The molecule has 1 aliphatic rings. The summed E-state index contributed by atoms with van der Waals surface area (Å²) in [5.74, 6) is -18.2. The number of carbonyl (C=O) groups is 17. The molecule has 0 aliphatic heterocycles. The summed E-state index contributed by atoms with van der Waals surface area (Å²) in [5.41, 5.74) is 23.7. The Bertz CT molecular complexity index is 3960. The van der Waals surface area contributed by atoms with Crippen molar-refractivity contribution in [3.8, 4) is 0 Å². The normalized spacial score (nSPS) is 15.5. The number of nitrogens with one attached hydrogen (secondary N) is 14. The van der Waals surface area contributed by atoms with E-state index in [4.69, 9.17) is 22.9 Å². The van der Waals surface area contributed by atoms with Gasteiger partial charge in [0.05, 0.1) is 19.1 Å². The molecule has 0 spiro atoms. The Morgan fingerprint density at radius 3 is 1.25 bits per heavy atom. The second-order valence-electron chi connectivity index (χ2n) is 27.5. The first kappa shape index (κ1) is 89.8. The number of primary amides is 4. The number of hydrogen-bond acceptors (Lipinski definition) is 20. The van der Waals surface area contributed by atoms with E-state index >= 15 is 9.59 Å². The second-order valence-corrected chi connectivity index (χ2v) is 28.3. The number of aliphatic hydroxyl groups is 1. The summed E-state index contributed by atoms with van der Waals surface area (Å²) in [6.45, 7) is 5.22. The van der Waals surface area contributed by atoms with Gasteiger partial charge in [-0.2, -0.15) is 25.3 Å². The van der Waals surface area contributed by atoms with Crippen molar-refractivity contribution >= 4 is 148 Å². The number of aliphatic carboxylic acids is 1. The number of para-hydroxylation sites is 2. The monoisotopic (exact) mass is 1570 g/mol. The lowest BCUT2D eigenvalue weighted by molar-refractivity contribution is -0.139. The van der Waals surface area contributed by atoms with Gasteiger partial charge in [0.25, 0.3) is 0 Å². The number of aromatic amines is 2. The third-order valence-electron chi connectivity index (χ3n) is 18.2. The van der Waals surface area contributed by atoms with Crippen LogP contribution >= 0.6 is 25.3 Å². The molecule has 602 valence electrons. The molecule has 2 aromatic heterocycles. The molecule has 110 heavy (non-hydrogen) atoms. The van der Waals surface area contributed by atoms with Gasteiger partial charge >= 0.3 is 5.97 Å². The van der Waals surface area contributed by atoms with E-state index in [1.54, 1.807) is 60.9 Å². The summed E-state index contributed by atoms with van der Waals surface area (Å²) in [6, 6.07) is -3.85. The average Bonchev–Trinajstić information content (AvgIpc) is 1.61. The van der Waals surface area contributed by atoms with Crippen LogP contribution in [0, 0.1) is 11.8 Å². The molecule has 12 atom stereocenters. The summed E-state index contributed by atoms with van der Waals surface area (Å²) in [5, 5.41) is 51.8. The predicted molar refractivity (Wildman–Crippen MR) is 405 cm³/mol. The summed E-state index contributed by atoms with van der Waals surface area (Å²) in [4.78, 5) is 236. The fraction of sp³-hybridized carbons (Fsp3) is 0.535. The molecule has 16 amide bonds. The Morgan fingerprint density at radius 2 is 0.818 bits per heavy atom. The number of carboxylic acids is 1. The van der Waals surface area contributed by atoms with Gasteiger partial charge in [-0.05, 0) is 80.5 Å². The van der Waals surface area contributed by atoms with Crippen molar-refractivity contribution in [2.24, 2.45) is 34.8 Å². The number of hydrogen-bond donors (Lipinski definition) is 22. The zero-order valence-electron chi connectivity index (χ0n) is 61.5. The number of aromatic nitrogens is 2. The molecule has 2 heterocycles. The number of nitrogens with two attached hydrogens (primary N) is 4. The first-order chi connectivity index (χ1) is 52.1. The van der Waals surface area contributed by atoms with E-state index in [2.05, 4.69) is 99.0 Å². The zero-order chi connectivity index (χ0) is 81.5. The van der Waals surface area contributed by atoms with Crippen LogP contribution in [-0.2, 0) is 94.3 Å². The van der Waals surface area contributed by atoms with Crippen molar-refractivity contribution < 1.29 is 91.7 Å². The maximum Gasteiger partial charge on any atom is 0.303 e. The number of carboxylic acid groups (broad SMARTS) is 1. The molecule has 1 fully saturated rings. The molecule has 4 aromatic rings. The Hall–Kier alpha value is -10.8. The first-order valence-electron chi connectivity index (χ1n) is 36.0. The number of rotatable bonds is 47. The van der Waals surface area contributed by atoms with Crippen LogP contribution in [0.2, 0.25) is 0 Å². The average molecular weight is 1580 g/mol. The highest BCUT2D eigenvalue weighted by Gasteiger charge is 2.39. The number of carbonyl (C=O) groups excluding carboxylic acids is 16. The van der Waals surface area contributed by atoms with Crippen LogP contribution in [0.1, 0.15) is 135 Å². The Morgan fingerprint density at radius 1 is 0.436 bits per heavy atom. The fourth-order valence-corrected chi connectivity index (χ4v) is 12.8. The molecular formula is C71H102N18O19S2. The topological polar surface area (TPSA) is 611 Å². The van der Waals surface area contributed by atoms with E-state index in [-0.39, 0.29) is 49.7 Å². The van der Waals surface area contributed by atoms with Crippen LogP contribution in [0.15, 0.2) is 60.9 Å². The molecule has 0 bridgehead atoms. The number of benzene rings is 2. The van der Waals surface area contributed by atoms with Crippen molar-refractivity contribution in [1.29, 1.82) is 0 Å². The van der Waals surface area contributed by atoms with Gasteiger partial charge < -0.3 is 107 Å². The maximum absolute atomic E-state index is 15.2. The van der Waals surface area contributed by atoms with Crippen LogP contribution in [0.25, 0.3) is 21.8 Å². The number of H-pyrrole nitrogens is 2. The Kier molecular flexibility index (Phi) is 36.4. The Balaban J connectivity index is 1.46. The number of amides is 16. The minimum absolute atomic E-state index is 0.00217. The van der Waals surface area contributed by atoms with Gasteiger partial charge in [-0.1, -0.05) is 82.3 Å². The quantitative estimate of drug-likeness (QED) is 0.0189. The maximum atomic E-state index is 15.2. The molecule has 24 N–H and O–H groups in total. The van der Waals surface area contributed by atoms with Crippen LogP contribution in [0.5, 0.6) is 0 Å². The molecule has 39 heteroatoms. The lowest BCUT2D eigenvalue weighted by Crippen LogP contribution is -2.62. The van der Waals surface area contributed by atoms with Crippen LogP contribution in [0.4, 0.5) is 0 Å². The van der Waals surface area contributed by atoms with Crippen molar-refractivity contribution in [3.05, 3.63) is 72.1 Å². The van der Waals surface area contributed by atoms with Crippen LogP contribution in [0.3, 0.4) is 0 Å². The van der Waals surface area contributed by atoms with Crippen LogP contribution < -0.4 is 86.7 Å². The van der Waals surface area contributed by atoms with E-state index < -0.39 is 230 Å². The molecule has 1 saturated carbocycles. The third-order valence-corrected chi connectivity index (χ3v) is 18.9. The van der Waals surface area contributed by atoms with Gasteiger partial charge in [-0.3, -0.25) is 81.5 Å². The van der Waals surface area contributed by atoms with Crippen molar-refractivity contribution in [2.45, 2.75) is 209 Å². The molecule has 5 rings (SSSR count). The van der Waals surface area contributed by atoms with Crippen molar-refractivity contribution in [3.63, 3.8) is 0 Å². The summed E-state index contributed by atoms with van der Waals surface area (Å²) < 4.78 is 0. The van der Waals surface area contributed by atoms with Gasteiger partial charge in [-0.25, -0.2) is 0 Å². The predicted octanol–water partition coefficient (Wildman–Crippen LogP) is -3.69. The van der Waals surface area contributed by atoms with E-state index in [1.807, 2.05) is 13.8 Å². The molecule has 37 nitrogen and oxygen atoms in total. The summed E-state index contributed by atoms with van der Waals surface area (Å²) >= 11 is 8.49. The molecule has 1 aliphatic carbocycles. The Labute approximate surface area is 644 Å². The van der Waals surface area contributed by atoms with E-state index in [9.17, 15) is 82.1 Å². The van der Waals surface area contributed by atoms with Gasteiger partial charge in [0, 0.05) is 84.7 Å². The SMILES string of the molecule is CC(=O)N[C@@H](CS)C(=O)N[C@@H](CCC(N)=O)C(=O)N[C@H](C(=O)N[C@@H](Cc1c[nH]c2ccccc12)C(=O)N[C@@H](CCC(N)=O)C(=O)N[C@@H](CS)C(=O)N[C@@H](CC1CCCCC1)C(=O)N[C@@H](Cc1c[nH]c2ccccc12)C(=O)N[C@@H](CCC(C)C)C(=O)N[C@@H](CCC(=O)O)C(=O)N[C@@H](CC(N)=O)C(=O)NCC(N)=O)[C@@H](C)O. The van der Waals surface area contributed by atoms with Gasteiger partial charge in [0.15, 0.2) is 0 Å². The number of fused-ring (bicyclic) bond motifs is 2. The third kappa shape index (κ3) is 29.6. The van der Waals surface area contributed by atoms with Crippen molar-refractivity contribution in [2.75, 3.05) is 18.1 Å². The lowest BCUT2D eigenvalue weighted by Gasteiger charge is -2.30. The highest BCUT2D eigenvalue weighted by molar-refractivity contribution is 7.80. The van der Waals surface area contributed by atoms with Crippen molar-refractivity contribution in [1.82, 2.24) is 73.8 Å².